The van der Waals surface area contributed by atoms with E-state index in [1.165, 1.54) is 23.6 Å². The summed E-state index contributed by atoms with van der Waals surface area (Å²) in [5.41, 5.74) is -2.01. The Labute approximate surface area is 151 Å². The minimum atomic E-state index is -4.63. The minimum absolute atomic E-state index is 0.0195. The smallest absolute Gasteiger partial charge is 0.418 e. The van der Waals surface area contributed by atoms with Crippen LogP contribution in [0.4, 0.5) is 18.9 Å². The summed E-state index contributed by atoms with van der Waals surface area (Å²) in [6.07, 6.45) is -4.63. The summed E-state index contributed by atoms with van der Waals surface area (Å²) in [7, 11) is 0. The number of rotatable bonds is 3. The van der Waals surface area contributed by atoms with Gasteiger partial charge in [-0.05, 0) is 32.9 Å². The molecule has 0 atom stereocenters. The fraction of sp³-hybridized carbons (Fsp3) is 0.278. The second kappa shape index (κ2) is 6.57. The van der Waals surface area contributed by atoms with Crippen LogP contribution in [0.1, 0.15) is 34.4 Å². The molecule has 0 bridgehead atoms. The van der Waals surface area contributed by atoms with Crippen molar-refractivity contribution in [2.24, 2.45) is 0 Å². The summed E-state index contributed by atoms with van der Waals surface area (Å²) >= 11 is 0. The topological polar surface area (TPSA) is 77.1 Å². The molecule has 2 aromatic heterocycles. The quantitative estimate of drug-likeness (QED) is 0.749. The van der Waals surface area contributed by atoms with E-state index >= 15 is 0 Å². The summed E-state index contributed by atoms with van der Waals surface area (Å²) in [6.45, 7) is 5.16. The Morgan fingerprint density at radius 2 is 1.93 bits per heavy atom. The number of para-hydroxylation sites is 1. The zero-order valence-electron chi connectivity index (χ0n) is 14.8. The molecule has 0 radical (unpaired) electrons. The van der Waals surface area contributed by atoms with Gasteiger partial charge < -0.3 is 9.73 Å². The van der Waals surface area contributed by atoms with Crippen molar-refractivity contribution in [2.75, 3.05) is 5.32 Å². The molecule has 1 N–H and O–H groups in total. The molecule has 0 spiro atoms. The van der Waals surface area contributed by atoms with Gasteiger partial charge in [-0.15, -0.1) is 0 Å². The van der Waals surface area contributed by atoms with E-state index in [1.54, 1.807) is 13.8 Å². The first-order chi connectivity index (χ1) is 12.6. The first-order valence-electron chi connectivity index (χ1n) is 8.13. The molecule has 1 amide bonds. The number of aromatic nitrogens is 2. The average molecular weight is 379 g/mol. The minimum Gasteiger partial charge on any atom is -0.442 e. The van der Waals surface area contributed by atoms with Crippen LogP contribution in [0.2, 0.25) is 0 Å². The molecule has 0 saturated heterocycles. The van der Waals surface area contributed by atoms with Gasteiger partial charge in [0.15, 0.2) is 0 Å². The zero-order valence-corrected chi connectivity index (χ0v) is 14.8. The highest BCUT2D eigenvalue weighted by Crippen LogP contribution is 2.35. The maximum absolute atomic E-state index is 13.1. The third-order valence-corrected chi connectivity index (χ3v) is 4.20. The Balaban J connectivity index is 2.13. The molecule has 0 saturated carbocycles. The van der Waals surface area contributed by atoms with Crippen molar-refractivity contribution < 1.29 is 22.4 Å². The Morgan fingerprint density at radius 1 is 1.26 bits per heavy atom. The first kappa shape index (κ1) is 18.7. The summed E-state index contributed by atoms with van der Waals surface area (Å²) in [4.78, 5) is 29.6. The van der Waals surface area contributed by atoms with Gasteiger partial charge in [-0.1, -0.05) is 12.1 Å². The molecule has 3 rings (SSSR count). The van der Waals surface area contributed by atoms with E-state index in [9.17, 15) is 22.8 Å². The lowest BCUT2D eigenvalue weighted by Crippen LogP contribution is -2.25. The third kappa shape index (κ3) is 3.20. The number of hydrogen-bond donors (Lipinski definition) is 1. The third-order valence-electron chi connectivity index (χ3n) is 4.20. The van der Waals surface area contributed by atoms with Crippen LogP contribution in [0.25, 0.3) is 11.1 Å². The van der Waals surface area contributed by atoms with E-state index in [1.807, 2.05) is 0 Å². The number of alkyl halides is 3. The van der Waals surface area contributed by atoms with Gasteiger partial charge in [-0.3, -0.25) is 14.2 Å². The van der Waals surface area contributed by atoms with Crippen LogP contribution in [0.15, 0.2) is 33.5 Å². The van der Waals surface area contributed by atoms with E-state index in [-0.39, 0.29) is 22.4 Å². The fourth-order valence-electron chi connectivity index (χ4n) is 2.97. The van der Waals surface area contributed by atoms with E-state index in [0.717, 1.165) is 12.1 Å². The van der Waals surface area contributed by atoms with E-state index < -0.39 is 28.9 Å². The normalized spacial score (nSPS) is 11.8. The van der Waals surface area contributed by atoms with Crippen LogP contribution in [-0.2, 0) is 12.7 Å². The van der Waals surface area contributed by atoms with E-state index in [4.69, 9.17) is 4.42 Å². The molecule has 0 fully saturated rings. The fourth-order valence-corrected chi connectivity index (χ4v) is 2.97. The summed E-state index contributed by atoms with van der Waals surface area (Å²) in [5, 5.41) is 2.18. The molecule has 0 aliphatic carbocycles. The maximum atomic E-state index is 13.1. The highest BCUT2D eigenvalue weighted by Gasteiger charge is 2.34. The molecule has 1 aromatic carbocycles. The van der Waals surface area contributed by atoms with Crippen LogP contribution in [0.5, 0.6) is 0 Å². The molecule has 3 aromatic rings. The number of halogens is 3. The second-order valence-electron chi connectivity index (χ2n) is 5.92. The van der Waals surface area contributed by atoms with Crippen LogP contribution in [0.3, 0.4) is 0 Å². The summed E-state index contributed by atoms with van der Waals surface area (Å²) in [5.74, 6) is -0.351. The van der Waals surface area contributed by atoms with Crippen LogP contribution < -0.4 is 10.9 Å². The second-order valence-corrected chi connectivity index (χ2v) is 5.92. The van der Waals surface area contributed by atoms with Gasteiger partial charge in [0.25, 0.3) is 11.5 Å². The SMILES string of the molecule is CCn1c(C)nc2oc(C)c(C(=O)Nc3ccccc3C(F)(F)F)c2c1=O. The van der Waals surface area contributed by atoms with Crippen molar-refractivity contribution in [1.29, 1.82) is 0 Å². The number of aryl methyl sites for hydroxylation is 2. The molecule has 0 aliphatic rings. The number of carbonyl (C=O) groups excluding carboxylic acids is 1. The highest BCUT2D eigenvalue weighted by molar-refractivity contribution is 6.12. The molecule has 27 heavy (non-hydrogen) atoms. The van der Waals surface area contributed by atoms with Gasteiger partial charge in [0.1, 0.15) is 17.0 Å². The lowest BCUT2D eigenvalue weighted by Gasteiger charge is -2.13. The van der Waals surface area contributed by atoms with Crippen molar-refractivity contribution in [3.05, 3.63) is 57.3 Å². The van der Waals surface area contributed by atoms with Gasteiger partial charge in [-0.25, -0.2) is 0 Å². The number of nitrogens with zero attached hydrogens (tertiary/aromatic N) is 2. The number of carbonyl (C=O) groups is 1. The monoisotopic (exact) mass is 379 g/mol. The van der Waals surface area contributed by atoms with Gasteiger partial charge in [0.2, 0.25) is 5.71 Å². The Kier molecular flexibility index (Phi) is 4.54. The number of benzene rings is 1. The van der Waals surface area contributed by atoms with Gasteiger partial charge in [-0.2, -0.15) is 18.2 Å². The predicted molar refractivity (Wildman–Crippen MR) is 92.8 cm³/mol. The molecule has 0 aliphatic heterocycles. The maximum Gasteiger partial charge on any atom is 0.418 e. The van der Waals surface area contributed by atoms with Crippen molar-refractivity contribution in [1.82, 2.24) is 9.55 Å². The largest absolute Gasteiger partial charge is 0.442 e. The van der Waals surface area contributed by atoms with E-state index in [0.29, 0.717) is 12.4 Å². The number of furan rings is 1. The highest BCUT2D eigenvalue weighted by atomic mass is 19.4. The van der Waals surface area contributed by atoms with Gasteiger partial charge >= 0.3 is 6.18 Å². The lowest BCUT2D eigenvalue weighted by atomic mass is 10.1. The Hall–Kier alpha value is -3.10. The van der Waals surface area contributed by atoms with Crippen LogP contribution in [0, 0.1) is 13.8 Å². The predicted octanol–water partition coefficient (Wildman–Crippen LogP) is 3.90. The van der Waals surface area contributed by atoms with Crippen LogP contribution >= 0.6 is 0 Å². The summed E-state index contributed by atoms with van der Waals surface area (Å²) < 4.78 is 46.2. The molecule has 9 heteroatoms. The average Bonchev–Trinajstić information content (AvgIpc) is 2.90. The first-order valence-corrected chi connectivity index (χ1v) is 8.13. The number of amides is 1. The molecular weight excluding hydrogens is 363 g/mol. The van der Waals surface area contributed by atoms with Crippen molar-refractivity contribution in [2.45, 2.75) is 33.5 Å². The van der Waals surface area contributed by atoms with Crippen molar-refractivity contribution in [3.63, 3.8) is 0 Å². The standard InChI is InChI=1S/C18H16F3N3O3/c1-4-24-10(3)22-16-14(17(24)26)13(9(2)27-16)15(25)23-12-8-6-5-7-11(12)18(19,20)21/h5-8H,4H2,1-3H3,(H,23,25). The number of fused-ring (bicyclic) bond motifs is 1. The lowest BCUT2D eigenvalue weighted by molar-refractivity contribution is -0.136. The number of anilines is 1. The van der Waals surface area contributed by atoms with E-state index in [2.05, 4.69) is 10.3 Å². The molecule has 0 unspecified atom stereocenters. The molecule has 2 heterocycles. The van der Waals surface area contributed by atoms with Crippen molar-refractivity contribution >= 4 is 22.7 Å². The Bertz CT molecular complexity index is 1100. The van der Waals surface area contributed by atoms with Crippen molar-refractivity contribution in [3.8, 4) is 0 Å². The molecular formula is C18H16F3N3O3. The molecule has 142 valence electrons. The number of nitrogens with one attached hydrogen (secondary N) is 1. The van der Waals surface area contributed by atoms with Crippen LogP contribution in [-0.4, -0.2) is 15.5 Å². The summed E-state index contributed by atoms with van der Waals surface area (Å²) in [6, 6.07) is 4.61. The Morgan fingerprint density at radius 3 is 2.56 bits per heavy atom. The van der Waals surface area contributed by atoms with Gasteiger partial charge in [0, 0.05) is 6.54 Å². The zero-order chi connectivity index (χ0) is 19.9. The van der Waals surface area contributed by atoms with Gasteiger partial charge in [0.05, 0.1) is 16.8 Å². The molecule has 6 nitrogen and oxygen atoms in total. The number of hydrogen-bond acceptors (Lipinski definition) is 4.